The molecule has 3 rings (SSSR count). The fourth-order valence-electron chi connectivity index (χ4n) is 3.41. The maximum atomic E-state index is 12.4. The zero-order valence-corrected chi connectivity index (χ0v) is 17.2. The molecule has 0 radical (unpaired) electrons. The highest BCUT2D eigenvalue weighted by atomic mass is 16.5. The summed E-state index contributed by atoms with van der Waals surface area (Å²) in [4.78, 5) is 14.8. The molecule has 0 spiro atoms. The van der Waals surface area contributed by atoms with Gasteiger partial charge in [-0.2, -0.15) is 0 Å². The number of rotatable bonds is 6. The molecule has 0 saturated carbocycles. The predicted molar refractivity (Wildman–Crippen MR) is 112 cm³/mol. The van der Waals surface area contributed by atoms with Crippen LogP contribution in [0.25, 0.3) is 0 Å². The van der Waals surface area contributed by atoms with Crippen molar-refractivity contribution in [3.8, 4) is 11.5 Å². The van der Waals surface area contributed by atoms with Crippen LogP contribution in [-0.4, -0.2) is 43.2 Å². The largest absolute Gasteiger partial charge is 0.490 e. The molecule has 1 amide bonds. The van der Waals surface area contributed by atoms with E-state index in [1.807, 2.05) is 50.2 Å². The number of hydrogen-bond donors (Lipinski definition) is 1. The van der Waals surface area contributed by atoms with Gasteiger partial charge in [-0.15, -0.1) is 0 Å². The molecule has 1 aliphatic heterocycles. The average Bonchev–Trinajstić information content (AvgIpc) is 2.64. The first-order valence-electron chi connectivity index (χ1n) is 9.90. The van der Waals surface area contributed by atoms with Crippen LogP contribution in [0.15, 0.2) is 42.5 Å². The third-order valence-corrected chi connectivity index (χ3v) is 4.97. The van der Waals surface area contributed by atoms with Gasteiger partial charge in [-0.3, -0.25) is 4.79 Å². The summed E-state index contributed by atoms with van der Waals surface area (Å²) in [7, 11) is 2.14. The Labute approximate surface area is 167 Å². The number of aryl methyl sites for hydroxylation is 2. The first-order chi connectivity index (χ1) is 13.4. The average molecular weight is 383 g/mol. The van der Waals surface area contributed by atoms with Crippen LogP contribution in [0.3, 0.4) is 0 Å². The van der Waals surface area contributed by atoms with E-state index < -0.39 is 6.10 Å². The highest BCUT2D eigenvalue weighted by molar-refractivity contribution is 5.94. The van der Waals surface area contributed by atoms with Crippen molar-refractivity contribution >= 4 is 11.6 Å². The smallest absolute Gasteiger partial charge is 0.265 e. The maximum Gasteiger partial charge on any atom is 0.265 e. The van der Waals surface area contributed by atoms with Crippen molar-refractivity contribution in [3.05, 3.63) is 53.6 Å². The summed E-state index contributed by atoms with van der Waals surface area (Å²) in [5.41, 5.74) is 2.96. The first kappa shape index (κ1) is 20.2. The molecule has 1 heterocycles. The number of likely N-dealkylation sites (tertiary alicyclic amines) is 1. The molecular weight excluding hydrogens is 352 g/mol. The number of hydrogen-bond acceptors (Lipinski definition) is 4. The quantitative estimate of drug-likeness (QED) is 0.814. The van der Waals surface area contributed by atoms with Crippen molar-refractivity contribution in [3.63, 3.8) is 0 Å². The summed E-state index contributed by atoms with van der Waals surface area (Å²) in [5.74, 6) is 1.37. The number of amides is 1. The predicted octanol–water partition coefficient (Wildman–Crippen LogP) is 4.18. The van der Waals surface area contributed by atoms with Crippen molar-refractivity contribution in [2.24, 2.45) is 0 Å². The van der Waals surface area contributed by atoms with Gasteiger partial charge in [0.1, 0.15) is 17.6 Å². The van der Waals surface area contributed by atoms with Crippen LogP contribution < -0.4 is 14.8 Å². The molecule has 2 aromatic carbocycles. The Morgan fingerprint density at radius 1 is 1.04 bits per heavy atom. The van der Waals surface area contributed by atoms with Crippen LogP contribution in [0.1, 0.15) is 30.9 Å². The normalized spacial score (nSPS) is 16.4. The Hall–Kier alpha value is -2.53. The van der Waals surface area contributed by atoms with Crippen LogP contribution in [0.2, 0.25) is 0 Å². The van der Waals surface area contributed by atoms with Crippen molar-refractivity contribution in [1.82, 2.24) is 4.90 Å². The summed E-state index contributed by atoms with van der Waals surface area (Å²) in [6, 6.07) is 13.5. The summed E-state index contributed by atoms with van der Waals surface area (Å²) in [6.45, 7) is 7.92. The Bertz CT molecular complexity index is 776. The molecule has 0 aromatic heterocycles. The van der Waals surface area contributed by atoms with Gasteiger partial charge in [0, 0.05) is 18.8 Å². The highest BCUT2D eigenvalue weighted by Gasteiger charge is 2.18. The van der Waals surface area contributed by atoms with Crippen LogP contribution in [0.5, 0.6) is 11.5 Å². The van der Waals surface area contributed by atoms with Crippen LogP contribution >= 0.6 is 0 Å². The lowest BCUT2D eigenvalue weighted by Gasteiger charge is -2.29. The van der Waals surface area contributed by atoms with Gasteiger partial charge in [-0.25, -0.2) is 0 Å². The van der Waals surface area contributed by atoms with Crippen molar-refractivity contribution < 1.29 is 14.3 Å². The summed E-state index contributed by atoms with van der Waals surface area (Å²) >= 11 is 0. The number of ether oxygens (including phenoxy) is 2. The maximum absolute atomic E-state index is 12.4. The standard InChI is InChI=1S/C23H30N2O3/c1-16-13-17(2)15-22(14-16)27-18(3)23(26)24-19-5-7-20(8-6-19)28-21-9-11-25(4)12-10-21/h5-8,13-15,18,21H,9-12H2,1-4H3,(H,24,26). The molecule has 1 N–H and O–H groups in total. The fraction of sp³-hybridized carbons (Fsp3) is 0.435. The minimum absolute atomic E-state index is 0.178. The number of carbonyl (C=O) groups excluding carboxylic acids is 1. The van der Waals surface area contributed by atoms with E-state index in [1.165, 1.54) is 0 Å². The van der Waals surface area contributed by atoms with Crippen LogP contribution in [0, 0.1) is 13.8 Å². The van der Waals surface area contributed by atoms with Gasteiger partial charge >= 0.3 is 0 Å². The minimum Gasteiger partial charge on any atom is -0.490 e. The zero-order valence-electron chi connectivity index (χ0n) is 17.2. The third-order valence-electron chi connectivity index (χ3n) is 4.97. The molecule has 0 aliphatic carbocycles. The molecular formula is C23H30N2O3. The molecule has 150 valence electrons. The molecule has 28 heavy (non-hydrogen) atoms. The number of nitrogens with one attached hydrogen (secondary N) is 1. The molecule has 1 saturated heterocycles. The van der Waals surface area contributed by atoms with Gasteiger partial charge in [0.15, 0.2) is 6.10 Å². The molecule has 2 aromatic rings. The first-order valence-corrected chi connectivity index (χ1v) is 9.90. The minimum atomic E-state index is -0.587. The number of nitrogens with zero attached hydrogens (tertiary/aromatic N) is 1. The fourth-order valence-corrected chi connectivity index (χ4v) is 3.41. The Kier molecular flexibility index (Phi) is 6.57. The number of benzene rings is 2. The molecule has 1 unspecified atom stereocenters. The van der Waals surface area contributed by atoms with E-state index in [2.05, 4.69) is 23.3 Å². The molecule has 5 nitrogen and oxygen atoms in total. The van der Waals surface area contributed by atoms with Gasteiger partial charge in [-0.1, -0.05) is 6.07 Å². The summed E-state index contributed by atoms with van der Waals surface area (Å²) in [6.07, 6.45) is 1.77. The van der Waals surface area contributed by atoms with Crippen LogP contribution in [0.4, 0.5) is 5.69 Å². The Balaban J connectivity index is 1.52. The zero-order chi connectivity index (χ0) is 20.1. The molecule has 1 aliphatic rings. The SMILES string of the molecule is Cc1cc(C)cc(OC(C)C(=O)Nc2ccc(OC3CCN(C)CC3)cc2)c1. The van der Waals surface area contributed by atoms with E-state index >= 15 is 0 Å². The van der Waals surface area contributed by atoms with Gasteiger partial charge in [0.2, 0.25) is 0 Å². The topological polar surface area (TPSA) is 50.8 Å². The van der Waals surface area contributed by atoms with E-state index in [-0.39, 0.29) is 12.0 Å². The van der Waals surface area contributed by atoms with E-state index in [9.17, 15) is 4.79 Å². The highest BCUT2D eigenvalue weighted by Crippen LogP contribution is 2.22. The second-order valence-electron chi connectivity index (χ2n) is 7.72. The summed E-state index contributed by atoms with van der Waals surface area (Å²) < 4.78 is 11.9. The molecule has 0 bridgehead atoms. The second-order valence-corrected chi connectivity index (χ2v) is 7.72. The van der Waals surface area contributed by atoms with Crippen molar-refractivity contribution in [2.45, 2.75) is 45.8 Å². The van der Waals surface area contributed by atoms with Gasteiger partial charge in [0.25, 0.3) is 5.91 Å². The van der Waals surface area contributed by atoms with Gasteiger partial charge < -0.3 is 19.7 Å². The van der Waals surface area contributed by atoms with Crippen molar-refractivity contribution in [2.75, 3.05) is 25.5 Å². The molecule has 1 atom stereocenters. The number of carbonyl (C=O) groups is 1. The lowest BCUT2D eigenvalue weighted by molar-refractivity contribution is -0.122. The third kappa shape index (κ3) is 5.73. The van der Waals surface area contributed by atoms with E-state index in [0.29, 0.717) is 5.75 Å². The number of piperidine rings is 1. The molecule has 5 heteroatoms. The molecule has 1 fully saturated rings. The Morgan fingerprint density at radius 2 is 1.64 bits per heavy atom. The van der Waals surface area contributed by atoms with Crippen LogP contribution in [-0.2, 0) is 4.79 Å². The lowest BCUT2D eigenvalue weighted by atomic mass is 10.1. The van der Waals surface area contributed by atoms with Crippen molar-refractivity contribution in [1.29, 1.82) is 0 Å². The van der Waals surface area contributed by atoms with E-state index in [4.69, 9.17) is 9.47 Å². The van der Waals surface area contributed by atoms with E-state index in [1.54, 1.807) is 6.92 Å². The monoisotopic (exact) mass is 382 g/mol. The lowest BCUT2D eigenvalue weighted by Crippen LogP contribution is -2.35. The number of anilines is 1. The van der Waals surface area contributed by atoms with Gasteiger partial charge in [0.05, 0.1) is 0 Å². The second kappa shape index (κ2) is 9.11. The van der Waals surface area contributed by atoms with Gasteiger partial charge in [-0.05, 0) is 88.2 Å². The van der Waals surface area contributed by atoms with E-state index in [0.717, 1.165) is 48.5 Å². The Morgan fingerprint density at radius 3 is 2.25 bits per heavy atom. The summed E-state index contributed by atoms with van der Waals surface area (Å²) in [5, 5.41) is 2.90.